The van der Waals surface area contributed by atoms with Gasteiger partial charge >= 0.3 is 0 Å². The first-order valence-corrected chi connectivity index (χ1v) is 10.3. The SMILES string of the molecule is CN1CCCC1.CN1CCCCC1.CN1CCOCC1.Cn1cccc1. The summed E-state index contributed by atoms with van der Waals surface area (Å²) >= 11 is 0. The Kier molecular flexibility index (Phi) is 13.5. The molecule has 0 atom stereocenters. The second-order valence-corrected chi connectivity index (χ2v) is 7.64. The Hall–Kier alpha value is -0.880. The van der Waals surface area contributed by atoms with E-state index in [-0.39, 0.29) is 0 Å². The average Bonchev–Trinajstić information content (AvgIpc) is 3.31. The Balaban J connectivity index is 0.000000174. The monoisotopic (exact) mass is 366 g/mol. The Morgan fingerprint density at radius 2 is 0.923 bits per heavy atom. The second kappa shape index (κ2) is 15.2. The highest BCUT2D eigenvalue weighted by atomic mass is 16.5. The van der Waals surface area contributed by atoms with Crippen LogP contribution in [-0.2, 0) is 11.8 Å². The van der Waals surface area contributed by atoms with Gasteiger partial charge in [0.15, 0.2) is 0 Å². The van der Waals surface area contributed by atoms with Gasteiger partial charge in [0.1, 0.15) is 0 Å². The second-order valence-electron chi connectivity index (χ2n) is 7.64. The zero-order chi connectivity index (χ0) is 19.0. The molecule has 3 aliphatic rings. The lowest BCUT2D eigenvalue weighted by molar-refractivity contribution is 0.0503. The van der Waals surface area contributed by atoms with Crippen molar-refractivity contribution < 1.29 is 4.74 Å². The third-order valence-corrected chi connectivity index (χ3v) is 4.90. The van der Waals surface area contributed by atoms with Gasteiger partial charge in [0.25, 0.3) is 0 Å². The maximum Gasteiger partial charge on any atom is 0.0594 e. The standard InChI is InChI=1S/C6H13N.C5H11NO.C5H11N.C5H7N/c1-7-5-3-2-4-6-7;1-6-2-4-7-5-3-6;2*1-6-4-2-3-5-6/h2-6H2,1H3;2-5H2,1H3;2-5H2,1H3;2-5H,1H3. The van der Waals surface area contributed by atoms with Crippen LogP contribution in [0.1, 0.15) is 32.1 Å². The first-order valence-electron chi connectivity index (χ1n) is 10.3. The summed E-state index contributed by atoms with van der Waals surface area (Å²) in [6.07, 6.45) is 11.1. The Bertz CT molecular complexity index is 376. The van der Waals surface area contributed by atoms with Crippen LogP contribution in [-0.4, -0.2) is 92.9 Å². The lowest BCUT2D eigenvalue weighted by Gasteiger charge is -2.21. The topological polar surface area (TPSA) is 23.9 Å². The van der Waals surface area contributed by atoms with Gasteiger partial charge in [0.2, 0.25) is 0 Å². The summed E-state index contributed by atoms with van der Waals surface area (Å²) in [6, 6.07) is 4.00. The number of rotatable bonds is 0. The van der Waals surface area contributed by atoms with E-state index in [4.69, 9.17) is 4.74 Å². The van der Waals surface area contributed by atoms with Gasteiger partial charge < -0.3 is 24.0 Å². The molecule has 1 aromatic rings. The highest BCUT2D eigenvalue weighted by Crippen LogP contribution is 2.04. The van der Waals surface area contributed by atoms with Crippen molar-refractivity contribution in [2.75, 3.05) is 73.6 Å². The zero-order valence-corrected chi connectivity index (χ0v) is 17.7. The van der Waals surface area contributed by atoms with Crippen molar-refractivity contribution in [3.8, 4) is 0 Å². The molecule has 3 saturated heterocycles. The molecule has 0 bridgehead atoms. The van der Waals surface area contributed by atoms with Gasteiger partial charge in [-0.3, -0.25) is 0 Å². The number of aromatic nitrogens is 1. The first-order chi connectivity index (χ1) is 12.6. The lowest BCUT2D eigenvalue weighted by atomic mass is 10.1. The Morgan fingerprint density at radius 1 is 0.538 bits per heavy atom. The molecule has 0 unspecified atom stereocenters. The summed E-state index contributed by atoms with van der Waals surface area (Å²) in [7, 11) is 8.48. The highest BCUT2D eigenvalue weighted by Gasteiger charge is 2.03. The van der Waals surface area contributed by atoms with Crippen molar-refractivity contribution in [3.63, 3.8) is 0 Å². The fraction of sp³-hybridized carbons (Fsp3) is 0.810. The molecule has 0 aromatic carbocycles. The molecular formula is C21H42N4O. The summed E-state index contributed by atoms with van der Waals surface area (Å²) in [5, 5.41) is 0. The van der Waals surface area contributed by atoms with Gasteiger partial charge in [-0.05, 0) is 85.1 Å². The highest BCUT2D eigenvalue weighted by molar-refractivity contribution is 4.88. The third-order valence-electron chi connectivity index (χ3n) is 4.90. The fourth-order valence-electron chi connectivity index (χ4n) is 3.00. The van der Waals surface area contributed by atoms with Crippen LogP contribution in [0.4, 0.5) is 0 Å². The van der Waals surface area contributed by atoms with Crippen LogP contribution in [0.3, 0.4) is 0 Å². The van der Waals surface area contributed by atoms with Gasteiger partial charge in [-0.15, -0.1) is 0 Å². The number of hydrogen-bond donors (Lipinski definition) is 0. The summed E-state index contributed by atoms with van der Waals surface area (Å²) in [6.45, 7) is 9.30. The normalized spacial score (nSPS) is 21.5. The number of hydrogen-bond acceptors (Lipinski definition) is 4. The van der Waals surface area contributed by atoms with Gasteiger partial charge in [-0.2, -0.15) is 0 Å². The smallest absolute Gasteiger partial charge is 0.0594 e. The van der Waals surface area contributed by atoms with E-state index in [1.54, 1.807) is 0 Å². The Labute approximate surface area is 161 Å². The number of piperidine rings is 1. The molecule has 0 amide bonds. The van der Waals surface area contributed by atoms with Gasteiger partial charge in [0, 0.05) is 32.5 Å². The van der Waals surface area contributed by atoms with E-state index in [9.17, 15) is 0 Å². The average molecular weight is 367 g/mol. The zero-order valence-electron chi connectivity index (χ0n) is 17.7. The van der Waals surface area contributed by atoms with E-state index in [1.807, 2.05) is 36.1 Å². The summed E-state index contributed by atoms with van der Waals surface area (Å²) in [5.41, 5.74) is 0. The molecule has 0 radical (unpaired) electrons. The predicted octanol–water partition coefficient (Wildman–Crippen LogP) is 2.79. The van der Waals surface area contributed by atoms with Gasteiger partial charge in [-0.1, -0.05) is 6.42 Å². The molecule has 152 valence electrons. The molecular weight excluding hydrogens is 324 g/mol. The number of morpholine rings is 1. The minimum Gasteiger partial charge on any atom is -0.379 e. The maximum absolute atomic E-state index is 5.10. The van der Waals surface area contributed by atoms with Crippen LogP contribution in [0, 0.1) is 0 Å². The van der Waals surface area contributed by atoms with Gasteiger partial charge in [-0.25, -0.2) is 0 Å². The van der Waals surface area contributed by atoms with E-state index >= 15 is 0 Å². The summed E-state index contributed by atoms with van der Waals surface area (Å²) < 4.78 is 7.10. The molecule has 1 aromatic heterocycles. The molecule has 3 aliphatic heterocycles. The van der Waals surface area contributed by atoms with E-state index in [0.717, 1.165) is 26.3 Å². The molecule has 0 saturated carbocycles. The number of nitrogens with zero attached hydrogens (tertiary/aromatic N) is 4. The molecule has 0 aliphatic carbocycles. The number of ether oxygens (including phenoxy) is 1. The van der Waals surface area contributed by atoms with E-state index in [0.29, 0.717) is 0 Å². The summed E-state index contributed by atoms with van der Waals surface area (Å²) in [5.74, 6) is 0. The molecule has 3 fully saturated rings. The first kappa shape index (κ1) is 23.2. The maximum atomic E-state index is 5.10. The molecule has 26 heavy (non-hydrogen) atoms. The molecule has 4 heterocycles. The quantitative estimate of drug-likeness (QED) is 0.705. The van der Waals surface area contributed by atoms with E-state index in [1.165, 1.54) is 58.3 Å². The number of aryl methyl sites for hydroxylation is 1. The molecule has 4 rings (SSSR count). The van der Waals surface area contributed by atoms with Crippen LogP contribution >= 0.6 is 0 Å². The largest absolute Gasteiger partial charge is 0.379 e. The van der Waals surface area contributed by atoms with Crippen molar-refractivity contribution in [1.82, 2.24) is 19.3 Å². The lowest BCUT2D eigenvalue weighted by Crippen LogP contribution is -2.32. The minimum absolute atomic E-state index is 0.913. The third kappa shape index (κ3) is 13.3. The minimum atomic E-state index is 0.913. The van der Waals surface area contributed by atoms with E-state index < -0.39 is 0 Å². The number of likely N-dealkylation sites (N-methyl/N-ethyl adjacent to an activating group) is 1. The van der Waals surface area contributed by atoms with Crippen LogP contribution in [0.15, 0.2) is 24.5 Å². The van der Waals surface area contributed by atoms with Crippen LogP contribution < -0.4 is 0 Å². The molecule has 0 N–H and O–H groups in total. The van der Waals surface area contributed by atoms with Crippen LogP contribution in [0.5, 0.6) is 0 Å². The molecule has 5 nitrogen and oxygen atoms in total. The van der Waals surface area contributed by atoms with Gasteiger partial charge in [0.05, 0.1) is 13.2 Å². The van der Waals surface area contributed by atoms with Crippen molar-refractivity contribution in [1.29, 1.82) is 0 Å². The van der Waals surface area contributed by atoms with Crippen molar-refractivity contribution in [2.24, 2.45) is 7.05 Å². The van der Waals surface area contributed by atoms with Crippen molar-refractivity contribution in [3.05, 3.63) is 24.5 Å². The summed E-state index contributed by atoms with van der Waals surface area (Å²) in [4.78, 5) is 7.02. The van der Waals surface area contributed by atoms with Crippen molar-refractivity contribution >= 4 is 0 Å². The Morgan fingerprint density at radius 3 is 1.12 bits per heavy atom. The molecule has 0 spiro atoms. The number of likely N-dealkylation sites (tertiary alicyclic amines) is 2. The predicted molar refractivity (Wildman–Crippen MR) is 112 cm³/mol. The fourth-order valence-corrected chi connectivity index (χ4v) is 3.00. The van der Waals surface area contributed by atoms with Crippen molar-refractivity contribution in [2.45, 2.75) is 32.1 Å². The van der Waals surface area contributed by atoms with Crippen LogP contribution in [0.2, 0.25) is 0 Å². The van der Waals surface area contributed by atoms with E-state index in [2.05, 4.69) is 35.8 Å². The molecule has 5 heteroatoms. The van der Waals surface area contributed by atoms with Crippen LogP contribution in [0.25, 0.3) is 0 Å².